The zero-order valence-corrected chi connectivity index (χ0v) is 11.1. The second-order valence-corrected chi connectivity index (χ2v) is 4.92. The number of hydrogen-bond donors (Lipinski definition) is 1. The summed E-state index contributed by atoms with van der Waals surface area (Å²) in [5, 5.41) is 3.37. The molecule has 0 bridgehead atoms. The fraction of sp³-hybridized carbons (Fsp3) is 0.571. The molecule has 1 N–H and O–H groups in total. The van der Waals surface area contributed by atoms with Gasteiger partial charge in [-0.3, -0.25) is 9.78 Å². The van der Waals surface area contributed by atoms with Gasteiger partial charge in [0.25, 0.3) is 5.91 Å². The summed E-state index contributed by atoms with van der Waals surface area (Å²) in [5.74, 6) is 0.0417. The predicted molar refractivity (Wildman–Crippen MR) is 71.6 cm³/mol. The highest BCUT2D eigenvalue weighted by Gasteiger charge is 2.23. The smallest absolute Gasteiger partial charge is 0.272 e. The Morgan fingerprint density at radius 1 is 1.44 bits per heavy atom. The van der Waals surface area contributed by atoms with Crippen LogP contribution in [0.15, 0.2) is 18.3 Å². The monoisotopic (exact) mass is 247 g/mol. The molecular formula is C14H21N3O. The summed E-state index contributed by atoms with van der Waals surface area (Å²) in [7, 11) is 1.90. The molecule has 2 rings (SSSR count). The van der Waals surface area contributed by atoms with E-state index in [9.17, 15) is 4.79 Å². The van der Waals surface area contributed by atoms with Crippen LogP contribution in [-0.4, -0.2) is 42.0 Å². The van der Waals surface area contributed by atoms with Crippen molar-refractivity contribution < 1.29 is 4.79 Å². The maximum Gasteiger partial charge on any atom is 0.272 e. The zero-order valence-electron chi connectivity index (χ0n) is 11.1. The number of aromatic nitrogens is 1. The second-order valence-electron chi connectivity index (χ2n) is 4.92. The Balaban J connectivity index is 2.10. The summed E-state index contributed by atoms with van der Waals surface area (Å²) >= 11 is 0. The molecule has 1 atom stereocenters. The molecule has 1 amide bonds. The Morgan fingerprint density at radius 2 is 2.28 bits per heavy atom. The average molecular weight is 247 g/mol. The lowest BCUT2D eigenvalue weighted by Gasteiger charge is -2.27. The lowest BCUT2D eigenvalue weighted by atomic mass is 10.1. The summed E-state index contributed by atoms with van der Waals surface area (Å²) in [5.41, 5.74) is 1.53. The first kappa shape index (κ1) is 13.0. The van der Waals surface area contributed by atoms with Crippen molar-refractivity contribution in [1.29, 1.82) is 0 Å². The summed E-state index contributed by atoms with van der Waals surface area (Å²) in [6.07, 6.45) is 4.90. The van der Waals surface area contributed by atoms with Crippen LogP contribution in [0.5, 0.6) is 0 Å². The zero-order chi connectivity index (χ0) is 13.0. The van der Waals surface area contributed by atoms with Crippen molar-refractivity contribution >= 4 is 5.91 Å². The maximum absolute atomic E-state index is 12.4. The fourth-order valence-electron chi connectivity index (χ4n) is 2.43. The molecule has 0 saturated carbocycles. The van der Waals surface area contributed by atoms with Crippen LogP contribution >= 0.6 is 0 Å². The number of rotatable bonds is 2. The van der Waals surface area contributed by atoms with E-state index in [1.807, 2.05) is 31.0 Å². The van der Waals surface area contributed by atoms with Crippen LogP contribution in [0.4, 0.5) is 0 Å². The molecule has 0 aliphatic carbocycles. The third kappa shape index (κ3) is 2.88. The van der Waals surface area contributed by atoms with Gasteiger partial charge < -0.3 is 10.2 Å². The summed E-state index contributed by atoms with van der Waals surface area (Å²) in [4.78, 5) is 18.5. The molecule has 1 saturated heterocycles. The summed E-state index contributed by atoms with van der Waals surface area (Å²) in [6.45, 7) is 3.98. The quantitative estimate of drug-likeness (QED) is 0.863. The van der Waals surface area contributed by atoms with E-state index >= 15 is 0 Å². The van der Waals surface area contributed by atoms with Crippen molar-refractivity contribution in [2.24, 2.45) is 0 Å². The molecule has 1 unspecified atom stereocenters. The lowest BCUT2D eigenvalue weighted by molar-refractivity contribution is 0.0713. The summed E-state index contributed by atoms with van der Waals surface area (Å²) < 4.78 is 0. The number of pyridine rings is 1. The number of carbonyl (C=O) groups excluding carboxylic acids is 1. The molecule has 4 heteroatoms. The number of nitrogens with zero attached hydrogens (tertiary/aromatic N) is 2. The SMILES string of the molecule is Cc1cccnc1C(=O)N(C)C1CCCNCC1. The third-order valence-corrected chi connectivity index (χ3v) is 3.63. The Morgan fingerprint density at radius 3 is 3.06 bits per heavy atom. The Labute approximate surface area is 108 Å². The van der Waals surface area contributed by atoms with E-state index in [4.69, 9.17) is 0 Å². The molecule has 0 aromatic carbocycles. The van der Waals surface area contributed by atoms with Crippen molar-refractivity contribution in [1.82, 2.24) is 15.2 Å². The Kier molecular flexibility index (Phi) is 4.31. The second kappa shape index (κ2) is 5.96. The predicted octanol–water partition coefficient (Wildman–Crippen LogP) is 1.60. The number of nitrogens with one attached hydrogen (secondary N) is 1. The van der Waals surface area contributed by atoms with Gasteiger partial charge in [0.15, 0.2) is 0 Å². The van der Waals surface area contributed by atoms with E-state index in [2.05, 4.69) is 10.3 Å². The van der Waals surface area contributed by atoms with Crippen LogP contribution in [0.3, 0.4) is 0 Å². The van der Waals surface area contributed by atoms with Gasteiger partial charge >= 0.3 is 0 Å². The first-order valence-electron chi connectivity index (χ1n) is 6.59. The van der Waals surface area contributed by atoms with Gasteiger partial charge in [0.2, 0.25) is 0 Å². The molecular weight excluding hydrogens is 226 g/mol. The van der Waals surface area contributed by atoms with Crippen LogP contribution in [0.1, 0.15) is 35.3 Å². The lowest BCUT2D eigenvalue weighted by Crippen LogP contribution is -2.38. The van der Waals surface area contributed by atoms with Gasteiger partial charge in [-0.1, -0.05) is 6.07 Å². The molecule has 1 aliphatic heterocycles. The minimum atomic E-state index is 0.0417. The van der Waals surface area contributed by atoms with Crippen LogP contribution in [0, 0.1) is 6.92 Å². The van der Waals surface area contributed by atoms with Crippen molar-refractivity contribution in [3.8, 4) is 0 Å². The first-order valence-corrected chi connectivity index (χ1v) is 6.59. The van der Waals surface area contributed by atoms with Crippen molar-refractivity contribution in [3.63, 3.8) is 0 Å². The molecule has 98 valence electrons. The van der Waals surface area contributed by atoms with Crippen molar-refractivity contribution in [2.75, 3.05) is 20.1 Å². The van der Waals surface area contributed by atoms with Gasteiger partial charge in [-0.05, 0) is 50.9 Å². The number of aryl methyl sites for hydroxylation is 1. The van der Waals surface area contributed by atoms with E-state index in [1.165, 1.54) is 0 Å². The molecule has 1 aliphatic rings. The highest BCUT2D eigenvalue weighted by Crippen LogP contribution is 2.15. The van der Waals surface area contributed by atoms with Crippen LogP contribution < -0.4 is 5.32 Å². The minimum Gasteiger partial charge on any atom is -0.337 e. The Bertz CT molecular complexity index is 411. The van der Waals surface area contributed by atoms with Crippen molar-refractivity contribution in [2.45, 2.75) is 32.2 Å². The van der Waals surface area contributed by atoms with Gasteiger partial charge in [-0.25, -0.2) is 0 Å². The van der Waals surface area contributed by atoms with E-state index < -0.39 is 0 Å². The minimum absolute atomic E-state index is 0.0417. The van der Waals surface area contributed by atoms with Crippen LogP contribution in [0.2, 0.25) is 0 Å². The van der Waals surface area contributed by atoms with E-state index in [0.29, 0.717) is 11.7 Å². The van der Waals surface area contributed by atoms with Gasteiger partial charge in [-0.15, -0.1) is 0 Å². The standard InChI is InChI=1S/C14H21N3O/c1-11-5-3-9-16-13(11)14(18)17(2)12-6-4-8-15-10-7-12/h3,5,9,12,15H,4,6-8,10H2,1-2H3. The molecule has 1 aromatic heterocycles. The highest BCUT2D eigenvalue weighted by molar-refractivity contribution is 5.93. The fourth-order valence-corrected chi connectivity index (χ4v) is 2.43. The summed E-state index contributed by atoms with van der Waals surface area (Å²) in [6, 6.07) is 4.12. The number of amides is 1. The van der Waals surface area contributed by atoms with Gasteiger partial charge in [0.05, 0.1) is 0 Å². The molecule has 1 aromatic rings. The maximum atomic E-state index is 12.4. The molecule has 4 nitrogen and oxygen atoms in total. The molecule has 0 spiro atoms. The normalized spacial score (nSPS) is 20.2. The van der Waals surface area contributed by atoms with E-state index in [0.717, 1.165) is 37.9 Å². The highest BCUT2D eigenvalue weighted by atomic mass is 16.2. The molecule has 2 heterocycles. The molecule has 18 heavy (non-hydrogen) atoms. The van der Waals surface area contributed by atoms with Gasteiger partial charge in [-0.2, -0.15) is 0 Å². The Hall–Kier alpha value is -1.42. The van der Waals surface area contributed by atoms with Gasteiger partial charge in [0.1, 0.15) is 5.69 Å². The van der Waals surface area contributed by atoms with E-state index in [1.54, 1.807) is 6.20 Å². The van der Waals surface area contributed by atoms with Crippen LogP contribution in [-0.2, 0) is 0 Å². The average Bonchev–Trinajstić information content (AvgIpc) is 2.66. The number of carbonyl (C=O) groups is 1. The van der Waals surface area contributed by atoms with E-state index in [-0.39, 0.29) is 5.91 Å². The van der Waals surface area contributed by atoms with Crippen LogP contribution in [0.25, 0.3) is 0 Å². The van der Waals surface area contributed by atoms with Gasteiger partial charge in [0, 0.05) is 19.3 Å². The molecule has 1 fully saturated rings. The molecule has 0 radical (unpaired) electrons. The first-order chi connectivity index (χ1) is 8.70. The van der Waals surface area contributed by atoms with Crippen molar-refractivity contribution in [3.05, 3.63) is 29.6 Å². The number of hydrogen-bond acceptors (Lipinski definition) is 3. The topological polar surface area (TPSA) is 45.2 Å². The third-order valence-electron chi connectivity index (χ3n) is 3.63. The largest absolute Gasteiger partial charge is 0.337 e.